The van der Waals surface area contributed by atoms with Crippen LogP contribution in [0.25, 0.3) is 0 Å². The Hall–Kier alpha value is -4.18. The molecule has 0 fully saturated rings. The van der Waals surface area contributed by atoms with Crippen LogP contribution in [0.3, 0.4) is 0 Å². The summed E-state index contributed by atoms with van der Waals surface area (Å²) in [4.78, 5) is 28.2. The quantitative estimate of drug-likeness (QED) is 0.286. The number of aryl methyl sites for hydroxylation is 2. The Kier molecular flexibility index (Phi) is 3.79. The van der Waals surface area contributed by atoms with E-state index in [1.165, 1.54) is 11.1 Å². The van der Waals surface area contributed by atoms with Gasteiger partial charge in [-0.25, -0.2) is 0 Å². The molecule has 4 nitrogen and oxygen atoms in total. The van der Waals surface area contributed by atoms with Crippen LogP contribution in [0.1, 0.15) is 65.2 Å². The van der Waals surface area contributed by atoms with Crippen LogP contribution >= 0.6 is 0 Å². The number of fused-ring (bicyclic) bond motifs is 8. The SMILES string of the molecule is Cc1cc2c(c3c1C(=O)c1c(C)cc4c(c1C3=O)Nc1ccccc1C4)Nc1ccccc1C2. The number of nitrogens with one attached hydrogen (secondary N) is 2. The molecule has 2 aliphatic heterocycles. The van der Waals surface area contributed by atoms with Gasteiger partial charge in [0.05, 0.1) is 22.5 Å². The summed E-state index contributed by atoms with van der Waals surface area (Å²) in [5, 5.41) is 6.99. The molecule has 0 atom stereocenters. The fourth-order valence-corrected chi connectivity index (χ4v) is 5.90. The molecule has 2 N–H and O–H groups in total. The number of benzene rings is 4. The van der Waals surface area contributed by atoms with Gasteiger partial charge in [0, 0.05) is 35.3 Å². The van der Waals surface area contributed by atoms with Crippen LogP contribution in [0, 0.1) is 13.8 Å². The van der Waals surface area contributed by atoms with Crippen molar-refractivity contribution < 1.29 is 9.59 Å². The Bertz CT molecular complexity index is 1500. The minimum absolute atomic E-state index is 0.0634. The molecule has 34 heavy (non-hydrogen) atoms. The van der Waals surface area contributed by atoms with Crippen LogP contribution in [0.15, 0.2) is 60.7 Å². The highest BCUT2D eigenvalue weighted by Crippen LogP contribution is 2.46. The van der Waals surface area contributed by atoms with Gasteiger partial charge in [0.15, 0.2) is 11.6 Å². The third-order valence-corrected chi connectivity index (χ3v) is 7.44. The Morgan fingerprint density at radius 2 is 0.971 bits per heavy atom. The van der Waals surface area contributed by atoms with Crippen LogP contribution in [0.4, 0.5) is 22.7 Å². The van der Waals surface area contributed by atoms with Crippen LogP contribution in [-0.2, 0) is 12.8 Å². The zero-order chi connectivity index (χ0) is 23.1. The van der Waals surface area contributed by atoms with E-state index < -0.39 is 0 Å². The van der Waals surface area contributed by atoms with Gasteiger partial charge in [-0.2, -0.15) is 0 Å². The molecular formula is C30H22N2O2. The highest BCUT2D eigenvalue weighted by atomic mass is 16.1. The average molecular weight is 443 g/mol. The number of para-hydroxylation sites is 2. The summed E-state index contributed by atoms with van der Waals surface area (Å²) in [6.07, 6.45) is 1.47. The zero-order valence-electron chi connectivity index (χ0n) is 19.0. The summed E-state index contributed by atoms with van der Waals surface area (Å²) in [6.45, 7) is 3.88. The maximum Gasteiger partial charge on any atom is 0.198 e. The molecule has 0 aromatic heterocycles. The number of hydrogen-bond acceptors (Lipinski definition) is 4. The number of carbonyl (C=O) groups is 2. The second-order valence-corrected chi connectivity index (χ2v) is 9.53. The molecule has 0 unspecified atom stereocenters. The van der Waals surface area contributed by atoms with Gasteiger partial charge >= 0.3 is 0 Å². The van der Waals surface area contributed by atoms with Crippen molar-refractivity contribution in [1.29, 1.82) is 0 Å². The first-order valence-corrected chi connectivity index (χ1v) is 11.6. The number of anilines is 4. The van der Waals surface area contributed by atoms with Gasteiger partial charge < -0.3 is 10.6 Å². The van der Waals surface area contributed by atoms with Crippen LogP contribution in [0.2, 0.25) is 0 Å². The highest BCUT2D eigenvalue weighted by Gasteiger charge is 2.39. The molecule has 0 spiro atoms. The summed E-state index contributed by atoms with van der Waals surface area (Å²) < 4.78 is 0. The molecule has 0 bridgehead atoms. The van der Waals surface area contributed by atoms with E-state index in [4.69, 9.17) is 0 Å². The number of carbonyl (C=O) groups excluding carboxylic acids is 2. The minimum atomic E-state index is -0.0803. The number of hydrogen-bond donors (Lipinski definition) is 2. The van der Waals surface area contributed by atoms with Gasteiger partial charge in [0.2, 0.25) is 0 Å². The van der Waals surface area contributed by atoms with E-state index in [2.05, 4.69) is 34.9 Å². The lowest BCUT2D eigenvalue weighted by Crippen LogP contribution is -2.28. The molecule has 4 aromatic rings. The predicted molar refractivity (Wildman–Crippen MR) is 134 cm³/mol. The van der Waals surface area contributed by atoms with Crippen LogP contribution in [0.5, 0.6) is 0 Å². The summed E-state index contributed by atoms with van der Waals surface area (Å²) in [6, 6.07) is 20.4. The first-order chi connectivity index (χ1) is 16.5. The van der Waals surface area contributed by atoms with Gasteiger partial charge in [-0.05, 0) is 59.4 Å². The molecular weight excluding hydrogens is 420 g/mol. The molecule has 4 aromatic carbocycles. The van der Waals surface area contributed by atoms with E-state index in [0.717, 1.165) is 57.8 Å². The Balaban J connectivity index is 1.47. The fraction of sp³-hybridized carbons (Fsp3) is 0.133. The van der Waals surface area contributed by atoms with E-state index in [1.54, 1.807) is 0 Å². The summed E-state index contributed by atoms with van der Waals surface area (Å²) in [7, 11) is 0. The number of rotatable bonds is 0. The number of ketones is 2. The van der Waals surface area contributed by atoms with Gasteiger partial charge in [-0.1, -0.05) is 48.5 Å². The molecule has 7 rings (SSSR count). The second kappa shape index (κ2) is 6.67. The van der Waals surface area contributed by atoms with Crippen molar-refractivity contribution in [2.45, 2.75) is 26.7 Å². The smallest absolute Gasteiger partial charge is 0.198 e. The largest absolute Gasteiger partial charge is 0.354 e. The second-order valence-electron chi connectivity index (χ2n) is 9.53. The first-order valence-electron chi connectivity index (χ1n) is 11.6. The van der Waals surface area contributed by atoms with Crippen molar-refractivity contribution in [3.63, 3.8) is 0 Å². The minimum Gasteiger partial charge on any atom is -0.354 e. The lowest BCUT2D eigenvalue weighted by molar-refractivity contribution is 0.0979. The first kappa shape index (κ1) is 19.3. The van der Waals surface area contributed by atoms with Crippen molar-refractivity contribution in [2.75, 3.05) is 10.6 Å². The van der Waals surface area contributed by atoms with E-state index in [1.807, 2.05) is 50.2 Å². The Labute approximate surface area is 197 Å². The van der Waals surface area contributed by atoms with E-state index in [-0.39, 0.29) is 11.6 Å². The van der Waals surface area contributed by atoms with E-state index in [0.29, 0.717) is 22.3 Å². The average Bonchev–Trinajstić information content (AvgIpc) is 2.83. The third kappa shape index (κ3) is 2.48. The standard InChI is InChI=1S/C30H22N2O2/c1-15-11-19-13-17-7-3-5-9-21(17)31-27(19)25-23(15)29(33)24-16(2)12-20-14-18-8-4-6-10-22(18)32-28(20)26(24)30(25)34/h3-12,31-32H,13-14H2,1-2H3. The third-order valence-electron chi connectivity index (χ3n) is 7.44. The predicted octanol–water partition coefficient (Wildman–Crippen LogP) is 6.37. The van der Waals surface area contributed by atoms with Gasteiger partial charge in [0.1, 0.15) is 0 Å². The van der Waals surface area contributed by atoms with Gasteiger partial charge in [0.25, 0.3) is 0 Å². The summed E-state index contributed by atoms with van der Waals surface area (Å²) >= 11 is 0. The van der Waals surface area contributed by atoms with Crippen LogP contribution < -0.4 is 10.6 Å². The van der Waals surface area contributed by atoms with Crippen molar-refractivity contribution in [2.24, 2.45) is 0 Å². The molecule has 0 amide bonds. The molecule has 2 heterocycles. The highest BCUT2D eigenvalue weighted by molar-refractivity contribution is 6.33. The Morgan fingerprint density at radius 3 is 1.44 bits per heavy atom. The lowest BCUT2D eigenvalue weighted by atomic mass is 9.75. The molecule has 1 aliphatic carbocycles. The Morgan fingerprint density at radius 1 is 0.559 bits per heavy atom. The van der Waals surface area contributed by atoms with E-state index >= 15 is 0 Å². The summed E-state index contributed by atoms with van der Waals surface area (Å²) in [5.41, 5.74) is 11.8. The van der Waals surface area contributed by atoms with Crippen molar-refractivity contribution in [3.8, 4) is 0 Å². The normalized spacial score (nSPS) is 14.5. The molecule has 0 radical (unpaired) electrons. The maximum atomic E-state index is 14.3. The zero-order valence-corrected chi connectivity index (χ0v) is 19.0. The van der Waals surface area contributed by atoms with Gasteiger partial charge in [-0.3, -0.25) is 9.59 Å². The fourth-order valence-electron chi connectivity index (χ4n) is 5.90. The van der Waals surface area contributed by atoms with E-state index in [9.17, 15) is 9.59 Å². The topological polar surface area (TPSA) is 58.2 Å². The van der Waals surface area contributed by atoms with Crippen LogP contribution in [-0.4, -0.2) is 11.6 Å². The molecule has 0 saturated heterocycles. The molecule has 164 valence electrons. The molecule has 0 saturated carbocycles. The molecule has 3 aliphatic rings. The maximum absolute atomic E-state index is 14.3. The summed E-state index contributed by atoms with van der Waals surface area (Å²) in [5.74, 6) is -0.144. The van der Waals surface area contributed by atoms with Gasteiger partial charge in [-0.15, -0.1) is 0 Å². The van der Waals surface area contributed by atoms with Crippen molar-refractivity contribution in [3.05, 3.63) is 116 Å². The van der Waals surface area contributed by atoms with Crippen molar-refractivity contribution in [1.82, 2.24) is 0 Å². The lowest BCUT2D eigenvalue weighted by Gasteiger charge is -2.32. The molecule has 4 heteroatoms. The van der Waals surface area contributed by atoms with Crippen molar-refractivity contribution >= 4 is 34.3 Å². The monoisotopic (exact) mass is 442 g/mol.